The van der Waals surface area contributed by atoms with Crippen LogP contribution in [-0.2, 0) is 37.6 Å². The molecule has 300 valence electrons. The molecule has 0 unspecified atom stereocenters. The summed E-state index contributed by atoms with van der Waals surface area (Å²) in [6, 6.07) is 5.62. The molecule has 0 radical (unpaired) electrons. The lowest BCUT2D eigenvalue weighted by molar-refractivity contribution is -0.214. The molecule has 2 aromatic carbocycles. The number of phenols is 1. The van der Waals surface area contributed by atoms with Gasteiger partial charge in [0, 0.05) is 61.4 Å². The zero-order valence-corrected chi connectivity index (χ0v) is 31.4. The van der Waals surface area contributed by atoms with E-state index in [2.05, 4.69) is 10.3 Å². The Morgan fingerprint density at radius 2 is 1.81 bits per heavy atom. The summed E-state index contributed by atoms with van der Waals surface area (Å²) >= 11 is 0. The monoisotopic (exact) mass is 788 g/mol. The van der Waals surface area contributed by atoms with Gasteiger partial charge in [-0.2, -0.15) is 0 Å². The number of Topliss-reactive ketones (excluding diaryl/α,β-unsaturated/α-hetero) is 3. The lowest BCUT2D eigenvalue weighted by atomic mass is 9.56. The Morgan fingerprint density at radius 1 is 1.07 bits per heavy atom. The number of carbonyl (C=O) groups excluding carboxylic acids is 5. The van der Waals surface area contributed by atoms with E-state index in [0.717, 1.165) is 26.4 Å². The van der Waals surface area contributed by atoms with Gasteiger partial charge >= 0.3 is 5.97 Å². The molecule has 17 heteroatoms. The number of aromatic nitrogens is 1. The van der Waals surface area contributed by atoms with Crippen LogP contribution in [0.15, 0.2) is 48.4 Å². The fourth-order valence-electron chi connectivity index (χ4n) is 8.65. The second-order valence-corrected chi connectivity index (χ2v) is 14.4. The first kappa shape index (κ1) is 39.8. The molecule has 3 aliphatic carbocycles. The maximum Gasteiger partial charge on any atom is 0.341 e. The Bertz CT molecular complexity index is 2260. The first-order chi connectivity index (χ1) is 27.1. The SMILES string of the molecule is COC(=O)c1c(C)cc2c(c1OCc1cccnc1)[C@]1(O)C(=O)c3cc4c(c(O)c3C(=O)[C@]1(OC)[C@H](O)C2)C(=O)C=C(N[C@H]1O[C@@H](C)[C@H](OC)[C@@H](O)[C@H]1CO)C4=O. The van der Waals surface area contributed by atoms with Gasteiger partial charge in [0.2, 0.25) is 17.3 Å². The Kier molecular flexibility index (Phi) is 10.1. The highest BCUT2D eigenvalue weighted by Crippen LogP contribution is 2.57. The average Bonchev–Trinajstić information content (AvgIpc) is 3.18. The van der Waals surface area contributed by atoms with Crippen LogP contribution in [0.3, 0.4) is 0 Å². The summed E-state index contributed by atoms with van der Waals surface area (Å²) in [7, 11) is 3.43. The molecule has 4 aliphatic rings. The van der Waals surface area contributed by atoms with Crippen molar-refractivity contribution in [3.8, 4) is 11.5 Å². The van der Waals surface area contributed by atoms with Crippen molar-refractivity contribution in [2.75, 3.05) is 27.9 Å². The zero-order chi connectivity index (χ0) is 41.3. The van der Waals surface area contributed by atoms with Gasteiger partial charge in [0.25, 0.3) is 0 Å². The van der Waals surface area contributed by atoms with E-state index in [-0.39, 0.29) is 29.0 Å². The number of pyridine rings is 1. The number of aliphatic hydroxyl groups is 4. The lowest BCUT2D eigenvalue weighted by Gasteiger charge is -2.53. The van der Waals surface area contributed by atoms with Crippen LogP contribution in [0.2, 0.25) is 0 Å². The van der Waals surface area contributed by atoms with Gasteiger partial charge in [0.15, 0.2) is 17.0 Å². The maximum absolute atomic E-state index is 15.1. The van der Waals surface area contributed by atoms with E-state index >= 15 is 4.79 Å². The van der Waals surface area contributed by atoms with Crippen molar-refractivity contribution in [1.82, 2.24) is 10.3 Å². The Labute approximate surface area is 324 Å². The molecule has 3 aromatic rings. The van der Waals surface area contributed by atoms with E-state index in [1.54, 1.807) is 26.0 Å². The third-order valence-electron chi connectivity index (χ3n) is 11.4. The van der Waals surface area contributed by atoms with Crippen molar-refractivity contribution < 1.29 is 73.2 Å². The minimum atomic E-state index is -3.19. The Morgan fingerprint density at radius 3 is 2.44 bits per heavy atom. The highest BCUT2D eigenvalue weighted by Gasteiger charge is 2.73. The van der Waals surface area contributed by atoms with Crippen molar-refractivity contribution in [3.63, 3.8) is 0 Å². The number of ketones is 4. The molecule has 1 aromatic heterocycles. The van der Waals surface area contributed by atoms with Gasteiger partial charge in [0.1, 0.15) is 36.0 Å². The molecule has 6 N–H and O–H groups in total. The fourth-order valence-corrected chi connectivity index (χ4v) is 8.65. The van der Waals surface area contributed by atoms with Crippen LogP contribution >= 0.6 is 0 Å². The summed E-state index contributed by atoms with van der Waals surface area (Å²) in [6.45, 7) is 2.29. The van der Waals surface area contributed by atoms with Gasteiger partial charge in [-0.25, -0.2) is 4.79 Å². The summed E-state index contributed by atoms with van der Waals surface area (Å²) in [5, 5.41) is 60.1. The number of allylic oxidation sites excluding steroid dienone is 2. The number of aryl methyl sites for hydroxylation is 1. The van der Waals surface area contributed by atoms with Crippen molar-refractivity contribution in [3.05, 3.63) is 98.5 Å². The number of fused-ring (bicyclic) bond motifs is 5. The topological polar surface area (TPSA) is 258 Å². The molecule has 17 nitrogen and oxygen atoms in total. The van der Waals surface area contributed by atoms with E-state index < -0.39 is 129 Å². The Balaban J connectivity index is 1.39. The molecular weight excluding hydrogens is 748 g/mol. The number of benzene rings is 2. The smallest absolute Gasteiger partial charge is 0.341 e. The largest absolute Gasteiger partial charge is 0.506 e. The molecule has 7 rings (SSSR count). The molecule has 8 atom stereocenters. The minimum Gasteiger partial charge on any atom is -0.506 e. The van der Waals surface area contributed by atoms with Crippen LogP contribution in [0, 0.1) is 12.8 Å². The summed E-state index contributed by atoms with van der Waals surface area (Å²) < 4.78 is 28.1. The highest BCUT2D eigenvalue weighted by molar-refractivity contribution is 6.31. The first-order valence-corrected chi connectivity index (χ1v) is 17.9. The molecule has 0 bridgehead atoms. The molecule has 0 spiro atoms. The third-order valence-corrected chi connectivity index (χ3v) is 11.4. The predicted molar refractivity (Wildman–Crippen MR) is 193 cm³/mol. The second kappa shape index (κ2) is 14.5. The van der Waals surface area contributed by atoms with Gasteiger partial charge < -0.3 is 54.5 Å². The quantitative estimate of drug-likeness (QED) is 0.162. The first-order valence-electron chi connectivity index (χ1n) is 17.9. The van der Waals surface area contributed by atoms with Gasteiger partial charge in [-0.1, -0.05) is 12.1 Å². The molecule has 1 aliphatic heterocycles. The van der Waals surface area contributed by atoms with Crippen LogP contribution in [0.25, 0.3) is 0 Å². The summed E-state index contributed by atoms with van der Waals surface area (Å²) in [5.41, 5.74) is -8.86. The standard InChI is InChI=1S/C40H40N2O15/c1-16-9-19-10-25(45)40(55-5)36(50)28-21(35(49)39(40,52)29(19)34(26(16)38(51)54-4)56-15-18-7-6-8-41-13-18)11-20-27(32(28)48)24(44)12-23(30(20)46)42-37-22(14-43)31(47)33(53-3)17(2)57-37/h6-9,11-13,17,22,25,31,33,37,42-43,45,47-48,52H,10,14-15H2,1-5H3/t17-,22+,25+,31-,33-,37-,39-,40+/m0/s1. The van der Waals surface area contributed by atoms with Gasteiger partial charge in [0.05, 0.1) is 54.8 Å². The lowest BCUT2D eigenvalue weighted by Crippen LogP contribution is -2.73. The summed E-state index contributed by atoms with van der Waals surface area (Å²) in [5.74, 6) is -7.96. The van der Waals surface area contributed by atoms with E-state index in [0.29, 0.717) is 5.56 Å². The van der Waals surface area contributed by atoms with Crippen LogP contribution in [-0.4, -0.2) is 124 Å². The predicted octanol–water partition coefficient (Wildman–Crippen LogP) is 0.612. The molecule has 0 saturated carbocycles. The van der Waals surface area contributed by atoms with Gasteiger partial charge in [-0.15, -0.1) is 0 Å². The van der Waals surface area contributed by atoms with Crippen LogP contribution in [0.4, 0.5) is 0 Å². The fraction of sp³-hybridized carbons (Fsp3) is 0.400. The number of nitrogens with one attached hydrogen (secondary N) is 1. The number of methoxy groups -OCH3 is 3. The van der Waals surface area contributed by atoms with Gasteiger partial charge in [-0.3, -0.25) is 24.2 Å². The number of carbonyl (C=O) groups is 5. The van der Waals surface area contributed by atoms with Crippen molar-refractivity contribution >= 4 is 29.1 Å². The second-order valence-electron chi connectivity index (χ2n) is 14.4. The molecule has 1 saturated heterocycles. The van der Waals surface area contributed by atoms with Crippen LogP contribution in [0.1, 0.15) is 81.0 Å². The van der Waals surface area contributed by atoms with E-state index in [4.69, 9.17) is 23.7 Å². The van der Waals surface area contributed by atoms with Crippen LogP contribution in [0.5, 0.6) is 11.5 Å². The number of hydrogen-bond donors (Lipinski definition) is 6. The summed E-state index contributed by atoms with van der Waals surface area (Å²) in [4.78, 5) is 75.1. The minimum absolute atomic E-state index is 0.106. The number of rotatable bonds is 9. The number of hydrogen-bond acceptors (Lipinski definition) is 17. The molecule has 57 heavy (non-hydrogen) atoms. The number of phenolic OH excluding ortho intramolecular Hbond substituents is 1. The molecule has 2 heterocycles. The Hall–Kier alpha value is -5.40. The normalized spacial score (nSPS) is 29.1. The highest BCUT2D eigenvalue weighted by atomic mass is 16.6. The van der Waals surface area contributed by atoms with E-state index in [9.17, 15) is 44.7 Å². The average molecular weight is 789 g/mol. The zero-order valence-electron chi connectivity index (χ0n) is 31.4. The van der Waals surface area contributed by atoms with Crippen molar-refractivity contribution in [2.45, 2.75) is 68.7 Å². The molecule has 1 fully saturated rings. The number of ether oxygens (including phenoxy) is 5. The molecule has 0 amide bonds. The van der Waals surface area contributed by atoms with E-state index in [1.807, 2.05) is 0 Å². The molecular formula is C40H40N2O15. The number of esters is 1. The summed E-state index contributed by atoms with van der Waals surface area (Å²) in [6.07, 6.45) is -2.55. The third kappa shape index (κ3) is 5.64. The van der Waals surface area contributed by atoms with Crippen LogP contribution < -0.4 is 10.1 Å². The van der Waals surface area contributed by atoms with Crippen molar-refractivity contribution in [1.29, 1.82) is 0 Å². The van der Waals surface area contributed by atoms with Crippen molar-refractivity contribution in [2.24, 2.45) is 5.92 Å². The van der Waals surface area contributed by atoms with E-state index in [1.165, 1.54) is 25.6 Å². The number of aliphatic hydroxyl groups excluding tert-OH is 3. The maximum atomic E-state index is 15.1. The number of aromatic hydroxyl groups is 1. The van der Waals surface area contributed by atoms with Gasteiger partial charge in [-0.05, 0) is 37.1 Å². The number of nitrogens with zero attached hydrogens (tertiary/aromatic N) is 1.